The first kappa shape index (κ1) is 20.0. The Kier molecular flexibility index (Phi) is 5.45. The van der Waals surface area contributed by atoms with Gasteiger partial charge in [0.1, 0.15) is 6.04 Å². The average Bonchev–Trinajstić information content (AvgIpc) is 2.69. The molecule has 3 N–H and O–H groups in total. The Balaban J connectivity index is 1.55. The van der Waals surface area contributed by atoms with Gasteiger partial charge in [0.05, 0.1) is 17.6 Å². The van der Waals surface area contributed by atoms with Gasteiger partial charge in [-0.25, -0.2) is 15.0 Å². The van der Waals surface area contributed by atoms with Gasteiger partial charge in [0.25, 0.3) is 0 Å². The Labute approximate surface area is 181 Å². The number of guanidine groups is 1. The van der Waals surface area contributed by atoms with E-state index in [1.165, 1.54) is 0 Å². The van der Waals surface area contributed by atoms with E-state index in [2.05, 4.69) is 46.8 Å². The number of anilines is 2. The van der Waals surface area contributed by atoms with E-state index in [1.807, 2.05) is 44.2 Å². The van der Waals surface area contributed by atoms with Crippen molar-refractivity contribution < 1.29 is 9.59 Å². The summed E-state index contributed by atoms with van der Waals surface area (Å²) in [5, 5.41) is 9.29. The van der Waals surface area contributed by atoms with Gasteiger partial charge in [-0.15, -0.1) is 0 Å². The number of carbonyl (C=O) groups is 2. The van der Waals surface area contributed by atoms with Gasteiger partial charge < -0.3 is 5.32 Å². The van der Waals surface area contributed by atoms with Crippen molar-refractivity contribution in [3.05, 3.63) is 58.2 Å². The number of rotatable bonds is 3. The lowest BCUT2D eigenvalue weighted by Crippen LogP contribution is -2.46. The second kappa shape index (κ2) is 8.19. The molecule has 0 saturated heterocycles. The van der Waals surface area contributed by atoms with E-state index in [-0.39, 0.29) is 24.2 Å². The Bertz CT molecular complexity index is 1180. The van der Waals surface area contributed by atoms with Crippen LogP contribution in [0.3, 0.4) is 0 Å². The van der Waals surface area contributed by atoms with E-state index in [1.54, 1.807) is 12.1 Å². The molecule has 3 aromatic rings. The molecule has 0 bridgehead atoms. The largest absolute Gasteiger partial charge is 0.324 e. The van der Waals surface area contributed by atoms with E-state index in [0.29, 0.717) is 11.6 Å². The van der Waals surface area contributed by atoms with Gasteiger partial charge in [0.15, 0.2) is 0 Å². The number of hydrogen-bond donors (Lipinski definition) is 3. The van der Waals surface area contributed by atoms with E-state index in [4.69, 9.17) is 0 Å². The Hall–Kier alpha value is -3.33. The molecule has 1 aliphatic heterocycles. The number of aryl methyl sites for hydroxylation is 2. The highest BCUT2D eigenvalue weighted by molar-refractivity contribution is 9.10. The third-order valence-corrected chi connectivity index (χ3v) is 5.14. The molecular weight excluding hydrogens is 448 g/mol. The lowest BCUT2D eigenvalue weighted by atomic mass is 10.1. The fourth-order valence-corrected chi connectivity index (χ4v) is 3.39. The van der Waals surface area contributed by atoms with E-state index in [9.17, 15) is 9.59 Å². The predicted molar refractivity (Wildman–Crippen MR) is 119 cm³/mol. The normalized spacial score (nSPS) is 16.0. The fourth-order valence-electron chi connectivity index (χ4n) is 3.13. The van der Waals surface area contributed by atoms with Crippen LogP contribution in [-0.2, 0) is 9.59 Å². The smallest absolute Gasteiger partial charge is 0.249 e. The standard InChI is InChI=1S/C21H19BrN6O2/c1-11-3-8-15-12(2)23-20(25-16(15)9-11)28-21-26-17(10-18(29)27-21)19(30)24-14-6-4-13(22)5-7-14/h3-9,17H,10H2,1-2H3,(H,24,30)(H2,23,25,26,27,28,29)/t17-/m1/s1. The Morgan fingerprint density at radius 1 is 1.13 bits per heavy atom. The van der Waals surface area contributed by atoms with E-state index in [0.717, 1.165) is 26.6 Å². The molecule has 1 aliphatic rings. The van der Waals surface area contributed by atoms with E-state index >= 15 is 0 Å². The third kappa shape index (κ3) is 4.46. The Morgan fingerprint density at radius 2 is 1.90 bits per heavy atom. The highest BCUT2D eigenvalue weighted by atomic mass is 79.9. The quantitative estimate of drug-likeness (QED) is 0.548. The molecule has 9 heteroatoms. The van der Waals surface area contributed by atoms with Crippen molar-refractivity contribution in [3.63, 3.8) is 0 Å². The average molecular weight is 467 g/mol. The molecule has 1 aromatic heterocycles. The number of nitrogens with zero attached hydrogens (tertiary/aromatic N) is 3. The van der Waals surface area contributed by atoms with Crippen LogP contribution in [0.1, 0.15) is 17.7 Å². The first-order valence-electron chi connectivity index (χ1n) is 9.33. The topological polar surface area (TPSA) is 108 Å². The number of fused-ring (bicyclic) bond motifs is 1. The summed E-state index contributed by atoms with van der Waals surface area (Å²) in [5.74, 6) is -0.221. The van der Waals surface area contributed by atoms with Crippen molar-refractivity contribution in [3.8, 4) is 0 Å². The summed E-state index contributed by atoms with van der Waals surface area (Å²) in [4.78, 5) is 38.0. The minimum Gasteiger partial charge on any atom is -0.324 e. The Morgan fingerprint density at radius 3 is 2.67 bits per heavy atom. The van der Waals surface area contributed by atoms with Crippen LogP contribution in [0.2, 0.25) is 0 Å². The molecule has 4 rings (SSSR count). The molecule has 2 amide bonds. The molecule has 0 radical (unpaired) electrons. The number of carbonyl (C=O) groups excluding carboxylic acids is 2. The monoisotopic (exact) mass is 466 g/mol. The number of benzene rings is 2. The minimum atomic E-state index is -0.853. The van der Waals surface area contributed by atoms with Crippen LogP contribution in [0.5, 0.6) is 0 Å². The van der Waals surface area contributed by atoms with Gasteiger partial charge in [0, 0.05) is 15.5 Å². The summed E-state index contributed by atoms with van der Waals surface area (Å²) in [6.07, 6.45) is -0.0374. The summed E-state index contributed by atoms with van der Waals surface area (Å²) in [6.45, 7) is 3.88. The van der Waals surface area contributed by atoms with Crippen LogP contribution >= 0.6 is 15.9 Å². The molecule has 30 heavy (non-hydrogen) atoms. The van der Waals surface area contributed by atoms with Crippen LogP contribution in [0.15, 0.2) is 51.9 Å². The molecule has 8 nitrogen and oxygen atoms in total. The van der Waals surface area contributed by atoms with Crippen molar-refractivity contribution in [2.75, 3.05) is 10.6 Å². The molecule has 152 valence electrons. The van der Waals surface area contributed by atoms with Crippen LogP contribution < -0.4 is 16.0 Å². The van der Waals surface area contributed by atoms with Crippen molar-refractivity contribution in [1.29, 1.82) is 0 Å². The third-order valence-electron chi connectivity index (χ3n) is 4.61. The van der Waals surface area contributed by atoms with Gasteiger partial charge in [-0.2, -0.15) is 0 Å². The molecule has 0 saturated carbocycles. The molecule has 0 unspecified atom stereocenters. The van der Waals surface area contributed by atoms with Crippen LogP contribution in [0.4, 0.5) is 11.6 Å². The van der Waals surface area contributed by atoms with Crippen molar-refractivity contribution >= 4 is 56.2 Å². The molecule has 2 aromatic carbocycles. The van der Waals surface area contributed by atoms with Crippen molar-refractivity contribution in [2.24, 2.45) is 4.99 Å². The minimum absolute atomic E-state index is 0.0374. The van der Waals surface area contributed by atoms with Crippen LogP contribution in [0, 0.1) is 13.8 Å². The van der Waals surface area contributed by atoms with Gasteiger partial charge in [0.2, 0.25) is 23.7 Å². The highest BCUT2D eigenvalue weighted by Gasteiger charge is 2.27. The summed E-state index contributed by atoms with van der Waals surface area (Å²) in [5.41, 5.74) is 3.30. The highest BCUT2D eigenvalue weighted by Crippen LogP contribution is 2.19. The lowest BCUT2D eigenvalue weighted by molar-refractivity contribution is -0.124. The summed E-state index contributed by atoms with van der Waals surface area (Å²) >= 11 is 3.35. The van der Waals surface area contributed by atoms with Crippen molar-refractivity contribution in [1.82, 2.24) is 15.3 Å². The molecule has 0 aliphatic carbocycles. The number of nitrogens with one attached hydrogen (secondary N) is 3. The van der Waals surface area contributed by atoms with Crippen LogP contribution in [-0.4, -0.2) is 33.8 Å². The molecule has 2 heterocycles. The first-order chi connectivity index (χ1) is 14.4. The number of halogens is 1. The van der Waals surface area contributed by atoms with Gasteiger partial charge in [-0.05, 0) is 49.7 Å². The van der Waals surface area contributed by atoms with Gasteiger partial charge in [-0.3, -0.25) is 20.2 Å². The predicted octanol–water partition coefficient (Wildman–Crippen LogP) is 3.30. The summed E-state index contributed by atoms with van der Waals surface area (Å²) < 4.78 is 0.905. The number of hydrogen-bond acceptors (Lipinski definition) is 6. The maximum Gasteiger partial charge on any atom is 0.249 e. The SMILES string of the molecule is Cc1ccc2c(C)nc(NC3=N[C@@H](C(=O)Nc4ccc(Br)cc4)CC(=O)N3)nc2c1. The maximum atomic E-state index is 12.6. The fraction of sp³-hybridized carbons (Fsp3) is 0.190. The molecule has 0 spiro atoms. The lowest BCUT2D eigenvalue weighted by Gasteiger charge is -2.21. The molecule has 1 atom stereocenters. The number of amides is 2. The zero-order valence-electron chi connectivity index (χ0n) is 16.4. The van der Waals surface area contributed by atoms with Crippen molar-refractivity contribution in [2.45, 2.75) is 26.3 Å². The first-order valence-corrected chi connectivity index (χ1v) is 10.1. The van der Waals surface area contributed by atoms with Gasteiger partial charge in [-0.1, -0.05) is 28.1 Å². The van der Waals surface area contributed by atoms with Gasteiger partial charge >= 0.3 is 0 Å². The second-order valence-corrected chi connectivity index (χ2v) is 7.94. The van der Waals surface area contributed by atoms with E-state index < -0.39 is 6.04 Å². The second-order valence-electron chi connectivity index (χ2n) is 7.02. The summed E-state index contributed by atoms with van der Waals surface area (Å²) in [6, 6.07) is 12.3. The maximum absolute atomic E-state index is 12.6. The number of aliphatic imine (C=N–C) groups is 1. The zero-order valence-corrected chi connectivity index (χ0v) is 17.9. The summed E-state index contributed by atoms with van der Waals surface area (Å²) in [7, 11) is 0. The molecular formula is C21H19BrN6O2. The molecule has 0 fully saturated rings. The zero-order chi connectivity index (χ0) is 21.3. The number of aromatic nitrogens is 2. The van der Waals surface area contributed by atoms with Crippen LogP contribution in [0.25, 0.3) is 10.9 Å².